The number of aliphatic hydroxyl groups excluding tert-OH is 4. The first-order chi connectivity index (χ1) is 9.54. The number of aromatic amines is 1. The first kappa shape index (κ1) is 14.6. The van der Waals surface area contributed by atoms with Crippen LogP contribution in [0.2, 0.25) is 0 Å². The van der Waals surface area contributed by atoms with Gasteiger partial charge < -0.3 is 35.9 Å². The zero-order valence-corrected chi connectivity index (χ0v) is 10.3. The van der Waals surface area contributed by atoms with E-state index in [9.17, 15) is 0 Å². The minimum Gasteiger partial charge on any atom is -0.394 e. The summed E-state index contributed by atoms with van der Waals surface area (Å²) in [5.41, 5.74) is 6.78. The van der Waals surface area contributed by atoms with Crippen LogP contribution in [-0.4, -0.2) is 71.6 Å². The number of nitrogens with one attached hydrogen (secondary N) is 1. The Hall–Kier alpha value is -1.85. The van der Waals surface area contributed by atoms with Gasteiger partial charge in [0.1, 0.15) is 30.2 Å². The number of H-pyrrole nitrogens is 1. The largest absolute Gasteiger partial charge is 0.394 e. The number of nitrogens with two attached hydrogens (primary N) is 1. The van der Waals surface area contributed by atoms with Crippen molar-refractivity contribution in [2.24, 2.45) is 0 Å². The van der Waals surface area contributed by atoms with Crippen LogP contribution < -0.4 is 5.73 Å². The number of anilines is 1. The predicted molar refractivity (Wildman–Crippen MR) is 66.1 cm³/mol. The van der Waals surface area contributed by atoms with E-state index in [1.165, 1.54) is 12.7 Å². The highest BCUT2D eigenvalue weighted by atomic mass is 16.6. The Morgan fingerprint density at radius 3 is 2.45 bits per heavy atom. The summed E-state index contributed by atoms with van der Waals surface area (Å²) in [6, 6.07) is 0. The number of hydrogen-bond donors (Lipinski definition) is 6. The molecule has 0 spiro atoms. The molecule has 1 fully saturated rings. The fourth-order valence-corrected chi connectivity index (χ4v) is 1.66. The molecule has 110 valence electrons. The standard InChI is InChI=1S/C5H5N5.C5H10O5/c6-4-3-5(9-1-7-3)10-2-8-4;6-1-2-3(7)4(8)5(9)10-2/h1-2H,(H3,6,7,8,9,10);2-9H,1H2/t;2-,3-,4-,5?/m.1/s1. The van der Waals surface area contributed by atoms with Crippen molar-refractivity contribution in [3.8, 4) is 0 Å². The summed E-state index contributed by atoms with van der Waals surface area (Å²) < 4.78 is 4.54. The molecule has 3 rings (SSSR count). The molecule has 0 aromatic carbocycles. The average Bonchev–Trinajstić information content (AvgIpc) is 3.01. The van der Waals surface area contributed by atoms with Gasteiger partial charge in [0, 0.05) is 0 Å². The number of nitrogen functional groups attached to an aromatic ring is 1. The zero-order valence-electron chi connectivity index (χ0n) is 10.3. The molecular weight excluding hydrogens is 270 g/mol. The molecule has 0 aliphatic carbocycles. The SMILES string of the molecule is Nc1ncnc2nc[nH]c12.OC[C@H]1OC(O)[C@H](O)[C@@H]1O. The summed E-state index contributed by atoms with van der Waals surface area (Å²) in [4.78, 5) is 14.4. The van der Waals surface area contributed by atoms with Gasteiger partial charge >= 0.3 is 0 Å². The van der Waals surface area contributed by atoms with Crippen molar-refractivity contribution in [1.29, 1.82) is 0 Å². The van der Waals surface area contributed by atoms with Crippen molar-refractivity contribution in [2.75, 3.05) is 12.3 Å². The molecule has 4 atom stereocenters. The molecule has 20 heavy (non-hydrogen) atoms. The first-order valence-electron chi connectivity index (χ1n) is 5.74. The van der Waals surface area contributed by atoms with Crippen LogP contribution in [0.15, 0.2) is 12.7 Å². The first-order valence-corrected chi connectivity index (χ1v) is 5.74. The number of ether oxygens (including phenoxy) is 1. The molecule has 1 aliphatic rings. The summed E-state index contributed by atoms with van der Waals surface area (Å²) in [7, 11) is 0. The van der Waals surface area contributed by atoms with E-state index in [2.05, 4.69) is 24.7 Å². The van der Waals surface area contributed by atoms with Crippen molar-refractivity contribution in [2.45, 2.75) is 24.6 Å². The van der Waals surface area contributed by atoms with Crippen LogP contribution in [0.1, 0.15) is 0 Å². The van der Waals surface area contributed by atoms with E-state index < -0.39 is 31.2 Å². The van der Waals surface area contributed by atoms with Crippen molar-refractivity contribution in [1.82, 2.24) is 19.9 Å². The summed E-state index contributed by atoms with van der Waals surface area (Å²) in [5.74, 6) is 0.433. The van der Waals surface area contributed by atoms with Gasteiger partial charge in [-0.05, 0) is 0 Å². The average molecular weight is 285 g/mol. The van der Waals surface area contributed by atoms with Crippen molar-refractivity contribution < 1.29 is 25.2 Å². The molecule has 0 bridgehead atoms. The van der Waals surface area contributed by atoms with Gasteiger partial charge in [0.25, 0.3) is 0 Å². The van der Waals surface area contributed by atoms with Gasteiger partial charge in [-0.3, -0.25) is 0 Å². The van der Waals surface area contributed by atoms with E-state index in [0.29, 0.717) is 17.0 Å². The molecule has 0 radical (unpaired) electrons. The van der Waals surface area contributed by atoms with Gasteiger partial charge in [0.05, 0.1) is 12.9 Å². The smallest absolute Gasteiger partial charge is 0.184 e. The maximum absolute atomic E-state index is 8.93. The molecule has 7 N–H and O–H groups in total. The Balaban J connectivity index is 0.000000147. The molecule has 1 unspecified atom stereocenters. The highest BCUT2D eigenvalue weighted by Gasteiger charge is 2.41. The fourth-order valence-electron chi connectivity index (χ4n) is 1.66. The summed E-state index contributed by atoms with van der Waals surface area (Å²) >= 11 is 0. The Morgan fingerprint density at radius 2 is 1.95 bits per heavy atom. The highest BCUT2D eigenvalue weighted by Crippen LogP contribution is 2.18. The number of aromatic nitrogens is 4. The van der Waals surface area contributed by atoms with Crippen LogP contribution in [0.3, 0.4) is 0 Å². The minimum atomic E-state index is -1.38. The number of aliphatic hydroxyl groups is 4. The Labute approximate surface area is 112 Å². The molecule has 0 amide bonds. The predicted octanol–water partition coefficient (Wildman–Crippen LogP) is -2.65. The van der Waals surface area contributed by atoms with Gasteiger partial charge in [-0.25, -0.2) is 15.0 Å². The van der Waals surface area contributed by atoms with Crippen LogP contribution >= 0.6 is 0 Å². The lowest BCUT2D eigenvalue weighted by atomic mass is 10.1. The Kier molecular flexibility index (Phi) is 4.42. The van der Waals surface area contributed by atoms with E-state index in [1.807, 2.05) is 0 Å². The van der Waals surface area contributed by atoms with Crippen molar-refractivity contribution in [3.05, 3.63) is 12.7 Å². The summed E-state index contributed by atoms with van der Waals surface area (Å²) in [6.07, 6.45) is -1.83. The second-order valence-corrected chi connectivity index (χ2v) is 4.09. The van der Waals surface area contributed by atoms with Crippen LogP contribution in [0.5, 0.6) is 0 Å². The van der Waals surface area contributed by atoms with Gasteiger partial charge in [-0.15, -0.1) is 0 Å². The quantitative estimate of drug-likeness (QED) is 0.327. The normalized spacial score (nSPS) is 29.2. The molecule has 2 aromatic rings. The molecule has 2 aromatic heterocycles. The van der Waals surface area contributed by atoms with E-state index in [-0.39, 0.29) is 0 Å². The second kappa shape index (κ2) is 6.07. The van der Waals surface area contributed by atoms with Gasteiger partial charge in [0.2, 0.25) is 0 Å². The second-order valence-electron chi connectivity index (χ2n) is 4.09. The fraction of sp³-hybridized carbons (Fsp3) is 0.500. The van der Waals surface area contributed by atoms with E-state index >= 15 is 0 Å². The maximum Gasteiger partial charge on any atom is 0.184 e. The van der Waals surface area contributed by atoms with E-state index in [4.69, 9.17) is 26.2 Å². The molecular formula is C10H15N5O5. The highest BCUT2D eigenvalue weighted by molar-refractivity contribution is 5.80. The molecule has 10 heteroatoms. The van der Waals surface area contributed by atoms with Crippen molar-refractivity contribution >= 4 is 17.0 Å². The number of hydrogen-bond acceptors (Lipinski definition) is 9. The maximum atomic E-state index is 8.93. The third kappa shape index (κ3) is 2.84. The van der Waals surface area contributed by atoms with E-state index in [1.54, 1.807) is 0 Å². The lowest BCUT2D eigenvalue weighted by molar-refractivity contribution is -0.132. The number of nitrogens with zero attached hydrogens (tertiary/aromatic N) is 3. The lowest BCUT2D eigenvalue weighted by Gasteiger charge is -2.09. The Morgan fingerprint density at radius 1 is 1.20 bits per heavy atom. The summed E-state index contributed by atoms with van der Waals surface area (Å²) in [5, 5.41) is 35.0. The monoisotopic (exact) mass is 285 g/mol. The van der Waals surface area contributed by atoms with Gasteiger partial charge in [-0.2, -0.15) is 0 Å². The third-order valence-electron chi connectivity index (χ3n) is 2.77. The molecule has 3 heterocycles. The van der Waals surface area contributed by atoms with Crippen LogP contribution in [-0.2, 0) is 4.74 Å². The zero-order chi connectivity index (χ0) is 14.7. The number of rotatable bonds is 1. The van der Waals surface area contributed by atoms with Crippen LogP contribution in [0.4, 0.5) is 5.82 Å². The van der Waals surface area contributed by atoms with Crippen molar-refractivity contribution in [3.63, 3.8) is 0 Å². The van der Waals surface area contributed by atoms with Crippen LogP contribution in [0, 0.1) is 0 Å². The van der Waals surface area contributed by atoms with Gasteiger partial charge in [0.15, 0.2) is 17.8 Å². The molecule has 0 saturated carbocycles. The topological polar surface area (TPSA) is 171 Å². The molecule has 10 nitrogen and oxygen atoms in total. The molecule has 1 aliphatic heterocycles. The summed E-state index contributed by atoms with van der Waals surface area (Å²) in [6.45, 7) is -0.407. The van der Waals surface area contributed by atoms with Crippen LogP contribution in [0.25, 0.3) is 11.2 Å². The van der Waals surface area contributed by atoms with Gasteiger partial charge in [-0.1, -0.05) is 0 Å². The van der Waals surface area contributed by atoms with E-state index in [0.717, 1.165) is 0 Å². The molecule has 1 saturated heterocycles. The minimum absolute atomic E-state index is 0.407. The Bertz CT molecular complexity index is 564. The number of fused-ring (bicyclic) bond motifs is 1. The lowest BCUT2D eigenvalue weighted by Crippen LogP contribution is -2.33. The number of imidazole rings is 1. The third-order valence-corrected chi connectivity index (χ3v) is 2.77.